The van der Waals surface area contributed by atoms with E-state index in [0.29, 0.717) is 17.9 Å². The summed E-state index contributed by atoms with van der Waals surface area (Å²) >= 11 is 0. The van der Waals surface area contributed by atoms with Crippen LogP contribution in [0.15, 0.2) is 48.5 Å². The number of rotatable bonds is 8. The molecule has 0 fully saturated rings. The highest BCUT2D eigenvalue weighted by Crippen LogP contribution is 2.17. The lowest BCUT2D eigenvalue weighted by atomic mass is 10.1. The highest BCUT2D eigenvalue weighted by atomic mass is 19.1. The Hall–Kier alpha value is -2.89. The molecule has 0 saturated heterocycles. The molecule has 0 heterocycles. The van der Waals surface area contributed by atoms with E-state index in [-0.39, 0.29) is 24.8 Å². The lowest BCUT2D eigenvalue weighted by Crippen LogP contribution is -2.48. The first kappa shape index (κ1) is 20.4. The van der Waals surface area contributed by atoms with Gasteiger partial charge in [0.1, 0.15) is 17.6 Å². The molecule has 2 aromatic carbocycles. The van der Waals surface area contributed by atoms with Gasteiger partial charge in [-0.2, -0.15) is 0 Å². The Labute approximate surface area is 159 Å². The second-order valence-electron chi connectivity index (χ2n) is 6.21. The van der Waals surface area contributed by atoms with E-state index in [0.717, 1.165) is 5.56 Å². The van der Waals surface area contributed by atoms with Crippen molar-refractivity contribution >= 4 is 11.8 Å². The van der Waals surface area contributed by atoms with Crippen LogP contribution in [0, 0.1) is 5.82 Å². The Morgan fingerprint density at radius 3 is 2.41 bits per heavy atom. The standard InChI is InChI=1S/C21H25FN2O3/c1-4-23-21(26)15(2)24(14-16-9-11-18(27-3)12-10-16)20(25)13-17-7-5-6-8-19(17)22/h5-12,15H,4,13-14H2,1-3H3,(H,23,26)/t15-/m1/s1. The van der Waals surface area contributed by atoms with Gasteiger partial charge in [0, 0.05) is 13.1 Å². The average molecular weight is 372 g/mol. The van der Waals surface area contributed by atoms with Crippen molar-refractivity contribution < 1.29 is 18.7 Å². The van der Waals surface area contributed by atoms with Crippen molar-refractivity contribution in [3.63, 3.8) is 0 Å². The smallest absolute Gasteiger partial charge is 0.242 e. The van der Waals surface area contributed by atoms with Gasteiger partial charge in [-0.05, 0) is 43.2 Å². The summed E-state index contributed by atoms with van der Waals surface area (Å²) in [6.07, 6.45) is -0.105. The molecule has 1 N–H and O–H groups in total. The van der Waals surface area contributed by atoms with E-state index in [1.54, 1.807) is 44.4 Å². The number of hydrogen-bond acceptors (Lipinski definition) is 3. The molecule has 0 aromatic heterocycles. The molecule has 6 heteroatoms. The zero-order chi connectivity index (χ0) is 19.8. The average Bonchev–Trinajstić information content (AvgIpc) is 2.68. The number of carbonyl (C=O) groups is 2. The number of carbonyl (C=O) groups excluding carboxylic acids is 2. The van der Waals surface area contributed by atoms with E-state index in [2.05, 4.69) is 5.32 Å². The summed E-state index contributed by atoms with van der Waals surface area (Å²) in [5.41, 5.74) is 1.17. The van der Waals surface area contributed by atoms with E-state index in [1.165, 1.54) is 11.0 Å². The number of likely N-dealkylation sites (N-methyl/N-ethyl adjacent to an activating group) is 1. The lowest BCUT2D eigenvalue weighted by molar-refractivity contribution is -0.140. The monoisotopic (exact) mass is 372 g/mol. The number of methoxy groups -OCH3 is 1. The fourth-order valence-corrected chi connectivity index (χ4v) is 2.74. The van der Waals surface area contributed by atoms with Crippen LogP contribution in [0.4, 0.5) is 4.39 Å². The van der Waals surface area contributed by atoms with E-state index < -0.39 is 11.9 Å². The van der Waals surface area contributed by atoms with Gasteiger partial charge in [0.05, 0.1) is 13.5 Å². The van der Waals surface area contributed by atoms with Crippen LogP contribution in [0.25, 0.3) is 0 Å². The second-order valence-corrected chi connectivity index (χ2v) is 6.21. The zero-order valence-electron chi connectivity index (χ0n) is 15.9. The molecule has 144 valence electrons. The minimum absolute atomic E-state index is 0.105. The Morgan fingerprint density at radius 2 is 1.81 bits per heavy atom. The predicted octanol–water partition coefficient (Wildman–Crippen LogP) is 2.93. The molecule has 2 rings (SSSR count). The van der Waals surface area contributed by atoms with Gasteiger partial charge in [0.15, 0.2) is 0 Å². The minimum Gasteiger partial charge on any atom is -0.497 e. The molecule has 0 aliphatic carbocycles. The highest BCUT2D eigenvalue weighted by molar-refractivity contribution is 5.88. The van der Waals surface area contributed by atoms with Crippen LogP contribution in [-0.2, 0) is 22.6 Å². The fourth-order valence-electron chi connectivity index (χ4n) is 2.74. The van der Waals surface area contributed by atoms with Crippen molar-refractivity contribution in [3.05, 3.63) is 65.5 Å². The summed E-state index contributed by atoms with van der Waals surface area (Å²) in [5, 5.41) is 2.73. The van der Waals surface area contributed by atoms with Crippen LogP contribution in [0.1, 0.15) is 25.0 Å². The van der Waals surface area contributed by atoms with Gasteiger partial charge in [-0.25, -0.2) is 4.39 Å². The number of amides is 2. The summed E-state index contributed by atoms with van der Waals surface area (Å²) in [4.78, 5) is 26.7. The summed E-state index contributed by atoms with van der Waals surface area (Å²) in [6, 6.07) is 12.8. The normalized spacial score (nSPS) is 11.6. The molecule has 0 aliphatic heterocycles. The van der Waals surface area contributed by atoms with Crippen LogP contribution >= 0.6 is 0 Å². The van der Waals surface area contributed by atoms with E-state index in [1.807, 2.05) is 19.1 Å². The summed E-state index contributed by atoms with van der Waals surface area (Å²) < 4.78 is 19.1. The first-order chi connectivity index (χ1) is 13.0. The van der Waals surface area contributed by atoms with Gasteiger partial charge in [-0.15, -0.1) is 0 Å². The molecule has 2 aromatic rings. The molecule has 0 aliphatic rings. The number of nitrogens with zero attached hydrogens (tertiary/aromatic N) is 1. The number of hydrogen-bond donors (Lipinski definition) is 1. The molecule has 0 radical (unpaired) electrons. The minimum atomic E-state index is -0.675. The first-order valence-electron chi connectivity index (χ1n) is 8.89. The third-order valence-electron chi connectivity index (χ3n) is 4.33. The maximum atomic E-state index is 13.9. The van der Waals surface area contributed by atoms with Gasteiger partial charge >= 0.3 is 0 Å². The van der Waals surface area contributed by atoms with Crippen molar-refractivity contribution in [2.45, 2.75) is 32.9 Å². The second kappa shape index (κ2) is 9.71. The van der Waals surface area contributed by atoms with Crippen molar-refractivity contribution in [2.75, 3.05) is 13.7 Å². The van der Waals surface area contributed by atoms with Gasteiger partial charge in [0.2, 0.25) is 11.8 Å². The number of benzene rings is 2. The number of halogens is 1. The Balaban J connectivity index is 2.23. The SMILES string of the molecule is CCNC(=O)[C@@H](C)N(Cc1ccc(OC)cc1)C(=O)Cc1ccccc1F. The Kier molecular flexibility index (Phi) is 7.34. The van der Waals surface area contributed by atoms with Crippen LogP contribution in [-0.4, -0.2) is 36.4 Å². The molecule has 0 spiro atoms. The van der Waals surface area contributed by atoms with E-state index in [4.69, 9.17) is 4.74 Å². The van der Waals surface area contributed by atoms with Gasteiger partial charge in [0.25, 0.3) is 0 Å². The summed E-state index contributed by atoms with van der Waals surface area (Å²) in [7, 11) is 1.58. The van der Waals surface area contributed by atoms with Gasteiger partial charge in [-0.3, -0.25) is 9.59 Å². The van der Waals surface area contributed by atoms with E-state index in [9.17, 15) is 14.0 Å². The largest absolute Gasteiger partial charge is 0.497 e. The molecule has 5 nitrogen and oxygen atoms in total. The quantitative estimate of drug-likeness (QED) is 0.775. The number of ether oxygens (including phenoxy) is 1. The van der Waals surface area contributed by atoms with E-state index >= 15 is 0 Å². The third kappa shape index (κ3) is 5.54. The van der Waals surface area contributed by atoms with Crippen molar-refractivity contribution in [3.8, 4) is 5.75 Å². The van der Waals surface area contributed by atoms with Crippen LogP contribution in [0.5, 0.6) is 5.75 Å². The maximum absolute atomic E-state index is 13.9. The maximum Gasteiger partial charge on any atom is 0.242 e. The molecule has 0 bridgehead atoms. The van der Waals surface area contributed by atoms with Crippen molar-refractivity contribution in [1.29, 1.82) is 0 Å². The third-order valence-corrected chi connectivity index (χ3v) is 4.33. The predicted molar refractivity (Wildman–Crippen MR) is 102 cm³/mol. The Morgan fingerprint density at radius 1 is 1.15 bits per heavy atom. The van der Waals surface area contributed by atoms with Gasteiger partial charge in [-0.1, -0.05) is 30.3 Å². The molecular weight excluding hydrogens is 347 g/mol. The number of nitrogens with one attached hydrogen (secondary N) is 1. The molecule has 0 unspecified atom stereocenters. The molecule has 27 heavy (non-hydrogen) atoms. The summed E-state index contributed by atoms with van der Waals surface area (Å²) in [6.45, 7) is 4.21. The van der Waals surface area contributed by atoms with Crippen molar-refractivity contribution in [1.82, 2.24) is 10.2 Å². The molecular formula is C21H25FN2O3. The van der Waals surface area contributed by atoms with Crippen LogP contribution in [0.3, 0.4) is 0 Å². The van der Waals surface area contributed by atoms with Gasteiger partial charge < -0.3 is 15.0 Å². The molecule has 0 saturated carbocycles. The summed E-state index contributed by atoms with van der Waals surface area (Å²) in [5.74, 6) is -0.275. The fraction of sp³-hybridized carbons (Fsp3) is 0.333. The highest BCUT2D eigenvalue weighted by Gasteiger charge is 2.26. The topological polar surface area (TPSA) is 58.6 Å². The lowest BCUT2D eigenvalue weighted by Gasteiger charge is -2.29. The first-order valence-corrected chi connectivity index (χ1v) is 8.89. The van der Waals surface area contributed by atoms with Crippen molar-refractivity contribution in [2.24, 2.45) is 0 Å². The Bertz CT molecular complexity index is 777. The molecule has 1 atom stereocenters. The zero-order valence-corrected chi connectivity index (χ0v) is 15.9. The van der Waals surface area contributed by atoms with Crippen LogP contribution in [0.2, 0.25) is 0 Å². The van der Waals surface area contributed by atoms with Crippen LogP contribution < -0.4 is 10.1 Å². The molecule has 2 amide bonds.